The number of amides is 1. The van der Waals surface area contributed by atoms with Gasteiger partial charge in [-0.15, -0.1) is 0 Å². The monoisotopic (exact) mass is 446 g/mol. The van der Waals surface area contributed by atoms with Gasteiger partial charge in [0.25, 0.3) is 5.91 Å². The maximum Gasteiger partial charge on any atom is 0.262 e. The van der Waals surface area contributed by atoms with Crippen molar-refractivity contribution in [1.29, 1.82) is 0 Å². The molecule has 26 heavy (non-hydrogen) atoms. The number of carbonyl (C=O) groups is 1. The van der Waals surface area contributed by atoms with Crippen LogP contribution >= 0.6 is 39.1 Å². The van der Waals surface area contributed by atoms with E-state index >= 15 is 0 Å². The highest BCUT2D eigenvalue weighted by atomic mass is 79.9. The fraction of sp³-hybridized carbons (Fsp3) is 0.0500. The van der Waals surface area contributed by atoms with Gasteiger partial charge in [-0.25, -0.2) is 0 Å². The predicted octanol–water partition coefficient (Wildman–Crippen LogP) is 6.53. The maximum atomic E-state index is 13.3. The van der Waals surface area contributed by atoms with Crippen molar-refractivity contribution in [1.82, 2.24) is 0 Å². The third-order valence-corrected chi connectivity index (χ3v) is 5.56. The Morgan fingerprint density at radius 1 is 0.923 bits per heavy atom. The van der Waals surface area contributed by atoms with E-state index in [9.17, 15) is 4.79 Å². The van der Waals surface area contributed by atoms with E-state index in [0.29, 0.717) is 21.3 Å². The number of para-hydroxylation sites is 1. The largest absolute Gasteiger partial charge is 0.360 e. The van der Waals surface area contributed by atoms with Crippen LogP contribution in [0, 0.1) is 0 Å². The van der Waals surface area contributed by atoms with Crippen LogP contribution in [0.25, 0.3) is 0 Å². The number of nitrogens with zero attached hydrogens (tertiary/aromatic N) is 1. The Kier molecular flexibility index (Phi) is 4.65. The molecule has 3 nitrogen and oxygen atoms in total. The lowest BCUT2D eigenvalue weighted by atomic mass is 10.0. The van der Waals surface area contributed by atoms with Gasteiger partial charge in [-0.2, -0.15) is 0 Å². The molecule has 0 spiro atoms. The van der Waals surface area contributed by atoms with Gasteiger partial charge in [0.05, 0.1) is 15.6 Å². The summed E-state index contributed by atoms with van der Waals surface area (Å²) in [5.41, 5.74) is 3.06. The van der Waals surface area contributed by atoms with E-state index in [-0.39, 0.29) is 12.1 Å². The molecule has 0 saturated carbocycles. The van der Waals surface area contributed by atoms with Crippen LogP contribution in [0.2, 0.25) is 10.0 Å². The zero-order chi connectivity index (χ0) is 18.3. The smallest absolute Gasteiger partial charge is 0.262 e. The summed E-state index contributed by atoms with van der Waals surface area (Å²) in [6.07, 6.45) is -0.359. The Morgan fingerprint density at radius 2 is 1.65 bits per heavy atom. The summed E-state index contributed by atoms with van der Waals surface area (Å²) in [6.45, 7) is 0. The summed E-state index contributed by atoms with van der Waals surface area (Å²) < 4.78 is 0.977. The van der Waals surface area contributed by atoms with Gasteiger partial charge in [0.2, 0.25) is 0 Å². The number of nitrogens with one attached hydrogen (secondary N) is 1. The lowest BCUT2D eigenvalue weighted by Crippen LogP contribution is -2.43. The summed E-state index contributed by atoms with van der Waals surface area (Å²) in [5, 5.41) is 4.32. The topological polar surface area (TPSA) is 32.3 Å². The summed E-state index contributed by atoms with van der Waals surface area (Å²) in [7, 11) is 0. The van der Waals surface area contributed by atoms with Crippen LogP contribution in [-0.2, 0) is 0 Å². The van der Waals surface area contributed by atoms with Crippen LogP contribution in [0.1, 0.15) is 22.1 Å². The van der Waals surface area contributed by atoms with Crippen LogP contribution in [0.4, 0.5) is 11.4 Å². The molecule has 1 aliphatic rings. The first-order valence-corrected chi connectivity index (χ1v) is 9.49. The molecule has 3 aromatic rings. The van der Waals surface area contributed by atoms with Crippen molar-refractivity contribution in [2.24, 2.45) is 0 Å². The number of halogens is 3. The van der Waals surface area contributed by atoms with Gasteiger partial charge >= 0.3 is 0 Å². The van der Waals surface area contributed by atoms with Gasteiger partial charge in [-0.3, -0.25) is 9.69 Å². The fourth-order valence-corrected chi connectivity index (χ4v) is 3.59. The van der Waals surface area contributed by atoms with E-state index in [1.807, 2.05) is 48.5 Å². The first-order chi connectivity index (χ1) is 12.5. The summed E-state index contributed by atoms with van der Waals surface area (Å²) >= 11 is 15.7. The lowest BCUT2D eigenvalue weighted by molar-refractivity contribution is 0.0975. The van der Waals surface area contributed by atoms with E-state index < -0.39 is 0 Å². The van der Waals surface area contributed by atoms with Crippen molar-refractivity contribution in [3.05, 3.63) is 92.4 Å². The molecular formula is C20H13BrCl2N2O. The second-order valence-corrected chi connectivity index (χ2v) is 7.65. The van der Waals surface area contributed by atoms with Crippen molar-refractivity contribution >= 4 is 56.4 Å². The molecule has 1 heterocycles. The average Bonchev–Trinajstić information content (AvgIpc) is 2.65. The molecule has 0 unspecified atom stereocenters. The zero-order valence-electron chi connectivity index (χ0n) is 13.4. The standard InChI is InChI=1S/C20H13BrCl2N2O/c21-13-7-5-12(6-8-13)19-24-18-4-2-1-3-15(18)20(26)25(19)14-9-10-16(22)17(23)11-14/h1-11,19,24H/t19-/m1/s1. The molecule has 0 aliphatic carbocycles. The molecular weight excluding hydrogens is 435 g/mol. The fourth-order valence-electron chi connectivity index (χ4n) is 3.03. The number of carbonyl (C=O) groups excluding carboxylic acids is 1. The quantitative estimate of drug-likeness (QED) is 0.484. The van der Waals surface area contributed by atoms with Gasteiger partial charge in [-0.05, 0) is 48.0 Å². The molecule has 0 fully saturated rings. The van der Waals surface area contributed by atoms with Gasteiger partial charge in [0, 0.05) is 15.8 Å². The van der Waals surface area contributed by atoms with Crippen molar-refractivity contribution < 1.29 is 4.79 Å². The first-order valence-electron chi connectivity index (χ1n) is 7.94. The Hall–Kier alpha value is -2.01. The molecule has 0 saturated heterocycles. The number of hydrogen-bond donors (Lipinski definition) is 1. The summed E-state index contributed by atoms with van der Waals surface area (Å²) in [4.78, 5) is 15.0. The highest BCUT2D eigenvalue weighted by Crippen LogP contribution is 2.38. The number of hydrogen-bond acceptors (Lipinski definition) is 2. The summed E-state index contributed by atoms with van der Waals surface area (Å²) in [5.74, 6) is -0.0920. The van der Waals surface area contributed by atoms with Crippen LogP contribution in [0.3, 0.4) is 0 Å². The van der Waals surface area contributed by atoms with Crippen LogP contribution < -0.4 is 10.2 Å². The average molecular weight is 448 g/mol. The molecule has 0 aromatic heterocycles. The molecule has 1 N–H and O–H groups in total. The number of rotatable bonds is 2. The van der Waals surface area contributed by atoms with Crippen molar-refractivity contribution in [2.75, 3.05) is 10.2 Å². The van der Waals surface area contributed by atoms with Crippen LogP contribution in [0.5, 0.6) is 0 Å². The van der Waals surface area contributed by atoms with Gasteiger partial charge in [0.15, 0.2) is 0 Å². The van der Waals surface area contributed by atoms with Crippen LogP contribution in [0.15, 0.2) is 71.2 Å². The van der Waals surface area contributed by atoms with E-state index in [4.69, 9.17) is 23.2 Å². The number of fused-ring (bicyclic) bond motifs is 1. The first kappa shape index (κ1) is 17.4. The highest BCUT2D eigenvalue weighted by molar-refractivity contribution is 9.10. The Bertz CT molecular complexity index is 991. The molecule has 6 heteroatoms. The molecule has 1 amide bonds. The molecule has 3 aromatic carbocycles. The third kappa shape index (κ3) is 3.09. The van der Waals surface area contributed by atoms with E-state index in [1.54, 1.807) is 23.1 Å². The molecule has 130 valence electrons. The molecule has 0 bridgehead atoms. The predicted molar refractivity (Wildman–Crippen MR) is 110 cm³/mol. The van der Waals surface area contributed by atoms with Crippen molar-refractivity contribution in [2.45, 2.75) is 6.17 Å². The van der Waals surface area contributed by atoms with Crippen molar-refractivity contribution in [3.63, 3.8) is 0 Å². The van der Waals surface area contributed by atoms with E-state index in [2.05, 4.69) is 21.2 Å². The maximum absolute atomic E-state index is 13.3. The van der Waals surface area contributed by atoms with Gasteiger partial charge in [0.1, 0.15) is 6.17 Å². The molecule has 0 radical (unpaired) electrons. The van der Waals surface area contributed by atoms with Crippen LogP contribution in [-0.4, -0.2) is 5.91 Å². The minimum absolute atomic E-state index is 0.0920. The van der Waals surface area contributed by atoms with Crippen molar-refractivity contribution in [3.8, 4) is 0 Å². The normalized spacial score (nSPS) is 16.2. The lowest BCUT2D eigenvalue weighted by Gasteiger charge is -2.38. The Morgan fingerprint density at radius 3 is 2.38 bits per heavy atom. The van der Waals surface area contributed by atoms with E-state index in [0.717, 1.165) is 15.7 Å². The zero-order valence-corrected chi connectivity index (χ0v) is 16.5. The molecule has 1 aliphatic heterocycles. The number of benzene rings is 3. The number of anilines is 2. The van der Waals surface area contributed by atoms with Gasteiger partial charge < -0.3 is 5.32 Å². The molecule has 4 rings (SSSR count). The second kappa shape index (κ2) is 6.95. The van der Waals surface area contributed by atoms with Gasteiger partial charge in [-0.1, -0.05) is 63.4 Å². The Labute approximate surface area is 169 Å². The summed E-state index contributed by atoms with van der Waals surface area (Å²) in [6, 6.07) is 20.6. The second-order valence-electron chi connectivity index (χ2n) is 5.92. The minimum atomic E-state index is -0.359. The third-order valence-electron chi connectivity index (χ3n) is 4.29. The minimum Gasteiger partial charge on any atom is -0.360 e. The Balaban J connectivity index is 1.87. The van der Waals surface area contributed by atoms with E-state index in [1.165, 1.54) is 0 Å². The highest BCUT2D eigenvalue weighted by Gasteiger charge is 2.34. The SMILES string of the molecule is O=C1c2ccccc2N[C@@H](c2ccc(Br)cc2)N1c1ccc(Cl)c(Cl)c1. The molecule has 1 atom stereocenters.